The second-order valence-electron chi connectivity index (χ2n) is 5.49. The Labute approximate surface area is 121 Å². The SMILES string of the molecule is COC(C)(C)CCOc1cc(C)c(S(N)(=O)=O)cc1C. The zero-order valence-corrected chi connectivity index (χ0v) is 13.5. The van der Waals surface area contributed by atoms with Gasteiger partial charge in [-0.25, -0.2) is 13.6 Å². The summed E-state index contributed by atoms with van der Waals surface area (Å²) in [4.78, 5) is 0.138. The lowest BCUT2D eigenvalue weighted by Gasteiger charge is -2.23. The molecule has 0 saturated carbocycles. The lowest BCUT2D eigenvalue weighted by atomic mass is 10.1. The van der Waals surface area contributed by atoms with Gasteiger partial charge in [0, 0.05) is 13.5 Å². The zero-order valence-electron chi connectivity index (χ0n) is 12.7. The highest BCUT2D eigenvalue weighted by Crippen LogP contribution is 2.26. The van der Waals surface area contributed by atoms with Gasteiger partial charge in [0.25, 0.3) is 0 Å². The Balaban J connectivity index is 2.86. The fraction of sp³-hybridized carbons (Fsp3) is 0.571. The molecule has 0 saturated heterocycles. The van der Waals surface area contributed by atoms with E-state index in [0.717, 1.165) is 12.0 Å². The van der Waals surface area contributed by atoms with Crippen LogP contribution in [-0.2, 0) is 14.8 Å². The summed E-state index contributed by atoms with van der Waals surface area (Å²) in [5, 5.41) is 5.17. The van der Waals surface area contributed by atoms with E-state index in [0.29, 0.717) is 17.9 Å². The minimum absolute atomic E-state index is 0.138. The summed E-state index contributed by atoms with van der Waals surface area (Å²) in [6, 6.07) is 3.25. The van der Waals surface area contributed by atoms with Crippen molar-refractivity contribution in [2.45, 2.75) is 44.6 Å². The molecule has 0 aliphatic heterocycles. The van der Waals surface area contributed by atoms with Gasteiger partial charge >= 0.3 is 0 Å². The quantitative estimate of drug-likeness (QED) is 0.873. The fourth-order valence-corrected chi connectivity index (χ4v) is 2.58. The van der Waals surface area contributed by atoms with Crippen molar-refractivity contribution in [3.8, 4) is 5.75 Å². The topological polar surface area (TPSA) is 78.6 Å². The highest BCUT2D eigenvalue weighted by molar-refractivity contribution is 7.89. The van der Waals surface area contributed by atoms with Gasteiger partial charge < -0.3 is 9.47 Å². The lowest BCUT2D eigenvalue weighted by molar-refractivity contribution is 0.00539. The highest BCUT2D eigenvalue weighted by atomic mass is 32.2. The maximum absolute atomic E-state index is 11.4. The van der Waals surface area contributed by atoms with Crippen LogP contribution in [0.1, 0.15) is 31.4 Å². The van der Waals surface area contributed by atoms with Crippen LogP contribution in [0, 0.1) is 13.8 Å². The van der Waals surface area contributed by atoms with E-state index in [4.69, 9.17) is 14.6 Å². The molecule has 0 spiro atoms. The van der Waals surface area contributed by atoms with Crippen molar-refractivity contribution in [2.75, 3.05) is 13.7 Å². The van der Waals surface area contributed by atoms with E-state index in [1.54, 1.807) is 33.1 Å². The third-order valence-electron chi connectivity index (χ3n) is 3.29. The molecular weight excluding hydrogens is 278 g/mol. The summed E-state index contributed by atoms with van der Waals surface area (Å²) < 4.78 is 33.9. The van der Waals surface area contributed by atoms with Crippen molar-refractivity contribution < 1.29 is 17.9 Å². The highest BCUT2D eigenvalue weighted by Gasteiger charge is 2.17. The van der Waals surface area contributed by atoms with Crippen molar-refractivity contribution in [3.05, 3.63) is 23.3 Å². The molecule has 1 rings (SSSR count). The molecule has 0 unspecified atom stereocenters. The molecule has 0 heterocycles. The number of primary sulfonamides is 1. The van der Waals surface area contributed by atoms with Crippen molar-refractivity contribution >= 4 is 10.0 Å². The summed E-state index contributed by atoms with van der Waals surface area (Å²) in [5.74, 6) is 0.668. The van der Waals surface area contributed by atoms with Gasteiger partial charge in [0.05, 0.1) is 17.1 Å². The summed E-state index contributed by atoms with van der Waals surface area (Å²) >= 11 is 0. The Morgan fingerprint density at radius 3 is 2.30 bits per heavy atom. The van der Waals surface area contributed by atoms with Crippen LogP contribution in [0.3, 0.4) is 0 Å². The molecule has 1 aromatic rings. The van der Waals surface area contributed by atoms with E-state index >= 15 is 0 Å². The van der Waals surface area contributed by atoms with Gasteiger partial charge in [0.15, 0.2) is 0 Å². The smallest absolute Gasteiger partial charge is 0.238 e. The molecule has 0 aliphatic carbocycles. The molecule has 0 aromatic heterocycles. The summed E-state index contributed by atoms with van der Waals surface area (Å²) in [7, 11) is -2.03. The van der Waals surface area contributed by atoms with E-state index in [1.807, 2.05) is 13.8 Å². The third-order valence-corrected chi connectivity index (χ3v) is 4.35. The number of sulfonamides is 1. The fourth-order valence-electron chi connectivity index (χ4n) is 1.73. The van der Waals surface area contributed by atoms with Crippen molar-refractivity contribution in [1.29, 1.82) is 0 Å². The molecule has 0 fully saturated rings. The Morgan fingerprint density at radius 1 is 1.20 bits per heavy atom. The average Bonchev–Trinajstić information content (AvgIpc) is 2.31. The molecular formula is C14H23NO4S. The minimum atomic E-state index is -3.70. The third kappa shape index (κ3) is 4.47. The number of rotatable bonds is 6. The summed E-state index contributed by atoms with van der Waals surface area (Å²) in [6.07, 6.45) is 0.735. The molecule has 1 aromatic carbocycles. The van der Waals surface area contributed by atoms with E-state index in [9.17, 15) is 8.42 Å². The summed E-state index contributed by atoms with van der Waals surface area (Å²) in [5.41, 5.74) is 1.08. The molecule has 0 bridgehead atoms. The van der Waals surface area contributed by atoms with E-state index in [1.165, 1.54) is 0 Å². The van der Waals surface area contributed by atoms with Crippen LogP contribution in [0.4, 0.5) is 0 Å². The maximum Gasteiger partial charge on any atom is 0.238 e. The van der Waals surface area contributed by atoms with Crippen LogP contribution in [0.5, 0.6) is 5.75 Å². The maximum atomic E-state index is 11.4. The van der Waals surface area contributed by atoms with Gasteiger partial charge in [-0.05, 0) is 51.0 Å². The Morgan fingerprint density at radius 2 is 1.80 bits per heavy atom. The zero-order chi connectivity index (χ0) is 15.6. The van der Waals surface area contributed by atoms with Crippen LogP contribution < -0.4 is 9.88 Å². The number of aryl methyl sites for hydroxylation is 2. The van der Waals surface area contributed by atoms with Crippen molar-refractivity contribution in [2.24, 2.45) is 5.14 Å². The molecule has 0 atom stereocenters. The molecule has 6 heteroatoms. The van der Waals surface area contributed by atoms with E-state index < -0.39 is 10.0 Å². The summed E-state index contributed by atoms with van der Waals surface area (Å²) in [6.45, 7) is 7.96. The van der Waals surface area contributed by atoms with Crippen LogP contribution in [-0.4, -0.2) is 27.7 Å². The first-order valence-corrected chi connectivity index (χ1v) is 7.93. The van der Waals surface area contributed by atoms with Gasteiger partial charge in [0.1, 0.15) is 5.75 Å². The monoisotopic (exact) mass is 301 g/mol. The molecule has 0 aliphatic rings. The van der Waals surface area contributed by atoms with Crippen molar-refractivity contribution in [1.82, 2.24) is 0 Å². The molecule has 0 radical (unpaired) electrons. The molecule has 20 heavy (non-hydrogen) atoms. The van der Waals surface area contributed by atoms with Gasteiger partial charge in [-0.3, -0.25) is 0 Å². The first kappa shape index (κ1) is 16.9. The number of ether oxygens (including phenoxy) is 2. The molecule has 2 N–H and O–H groups in total. The van der Waals surface area contributed by atoms with E-state index in [-0.39, 0.29) is 10.5 Å². The Hall–Kier alpha value is -1.11. The van der Waals surface area contributed by atoms with Gasteiger partial charge in [-0.2, -0.15) is 0 Å². The lowest BCUT2D eigenvalue weighted by Crippen LogP contribution is -2.25. The standard InChI is InChI=1S/C14H23NO4S/c1-10-9-13(20(15,16)17)11(2)8-12(10)19-7-6-14(3,4)18-5/h8-9H,6-7H2,1-5H3,(H2,15,16,17). The van der Waals surface area contributed by atoms with E-state index in [2.05, 4.69) is 0 Å². The molecule has 5 nitrogen and oxygen atoms in total. The Bertz CT molecular complexity index is 579. The number of methoxy groups -OCH3 is 1. The van der Waals surface area contributed by atoms with Crippen LogP contribution in [0.15, 0.2) is 17.0 Å². The minimum Gasteiger partial charge on any atom is -0.493 e. The first-order valence-electron chi connectivity index (χ1n) is 6.39. The second-order valence-corrected chi connectivity index (χ2v) is 7.02. The second kappa shape index (κ2) is 6.11. The van der Waals surface area contributed by atoms with Gasteiger partial charge in [-0.15, -0.1) is 0 Å². The Kier molecular flexibility index (Phi) is 5.18. The predicted octanol–water partition coefficient (Wildman–Crippen LogP) is 2.14. The van der Waals surface area contributed by atoms with Crippen LogP contribution in [0.25, 0.3) is 0 Å². The molecule has 114 valence electrons. The predicted molar refractivity (Wildman–Crippen MR) is 78.5 cm³/mol. The van der Waals surface area contributed by atoms with Gasteiger partial charge in [0.2, 0.25) is 10.0 Å². The van der Waals surface area contributed by atoms with Crippen LogP contribution in [0.2, 0.25) is 0 Å². The average molecular weight is 301 g/mol. The van der Waals surface area contributed by atoms with Crippen molar-refractivity contribution in [3.63, 3.8) is 0 Å². The van der Waals surface area contributed by atoms with Crippen LogP contribution >= 0.6 is 0 Å². The number of hydrogen-bond acceptors (Lipinski definition) is 4. The number of nitrogens with two attached hydrogens (primary N) is 1. The van der Waals surface area contributed by atoms with Gasteiger partial charge in [-0.1, -0.05) is 0 Å². The normalized spacial score (nSPS) is 12.5. The molecule has 0 amide bonds. The first-order chi connectivity index (χ1) is 9.07. The largest absolute Gasteiger partial charge is 0.493 e. The number of benzene rings is 1. The number of hydrogen-bond donors (Lipinski definition) is 1.